The van der Waals surface area contributed by atoms with E-state index in [1.807, 2.05) is 25.1 Å². The summed E-state index contributed by atoms with van der Waals surface area (Å²) in [5.41, 5.74) is 1.85. The van der Waals surface area contributed by atoms with Crippen LogP contribution in [-0.2, 0) is 6.54 Å². The average Bonchev–Trinajstić information content (AvgIpc) is 3.36. The molecule has 0 unspecified atom stereocenters. The van der Waals surface area contributed by atoms with Crippen LogP contribution in [0.1, 0.15) is 38.6 Å². The molecule has 4 aromatic heterocycles. The Labute approximate surface area is 170 Å². The third-order valence-electron chi connectivity index (χ3n) is 4.43. The molecule has 0 spiro atoms. The van der Waals surface area contributed by atoms with Gasteiger partial charge in [0.25, 0.3) is 5.91 Å². The number of hydrogen-bond donors (Lipinski definition) is 2. The van der Waals surface area contributed by atoms with E-state index in [-0.39, 0.29) is 11.9 Å². The lowest BCUT2D eigenvalue weighted by atomic mass is 10.2. The topological polar surface area (TPSA) is 79.8 Å². The Bertz CT molecular complexity index is 1090. The van der Waals surface area contributed by atoms with E-state index in [0.29, 0.717) is 11.4 Å². The third-order valence-corrected chi connectivity index (χ3v) is 6.69. The van der Waals surface area contributed by atoms with Crippen molar-refractivity contribution < 1.29 is 4.79 Å². The number of carbonyl (C=O) groups is 1. The van der Waals surface area contributed by atoms with Crippen LogP contribution in [0, 0.1) is 6.92 Å². The van der Waals surface area contributed by atoms with Gasteiger partial charge in [-0.15, -0.1) is 22.7 Å². The fourth-order valence-corrected chi connectivity index (χ4v) is 4.78. The first-order valence-corrected chi connectivity index (χ1v) is 10.5. The maximum Gasteiger partial charge on any atom is 0.261 e. The molecule has 0 aliphatic carbocycles. The van der Waals surface area contributed by atoms with Crippen molar-refractivity contribution in [2.75, 3.05) is 5.32 Å². The molecule has 0 fully saturated rings. The molecule has 142 valence electrons. The van der Waals surface area contributed by atoms with Gasteiger partial charge in [-0.25, -0.2) is 9.97 Å². The number of amides is 1. The summed E-state index contributed by atoms with van der Waals surface area (Å²) < 4.78 is 0. The summed E-state index contributed by atoms with van der Waals surface area (Å²) in [6.07, 6.45) is 5.00. The molecule has 0 aliphatic rings. The maximum absolute atomic E-state index is 12.7. The summed E-state index contributed by atoms with van der Waals surface area (Å²) in [7, 11) is 0. The Balaban J connectivity index is 1.59. The maximum atomic E-state index is 12.7. The van der Waals surface area contributed by atoms with Crippen LogP contribution in [0.5, 0.6) is 0 Å². The normalized spacial score (nSPS) is 12.1. The van der Waals surface area contributed by atoms with E-state index < -0.39 is 0 Å². The molecule has 0 radical (unpaired) electrons. The van der Waals surface area contributed by atoms with Gasteiger partial charge in [0.2, 0.25) is 0 Å². The lowest BCUT2D eigenvalue weighted by molar-refractivity contribution is 0.0954. The van der Waals surface area contributed by atoms with Crippen molar-refractivity contribution in [2.45, 2.75) is 26.4 Å². The van der Waals surface area contributed by atoms with Crippen molar-refractivity contribution in [2.24, 2.45) is 0 Å². The van der Waals surface area contributed by atoms with Gasteiger partial charge in [-0.3, -0.25) is 9.78 Å². The van der Waals surface area contributed by atoms with Gasteiger partial charge in [-0.2, -0.15) is 0 Å². The fraction of sp³-hybridized carbons (Fsp3) is 0.200. The predicted octanol–water partition coefficient (Wildman–Crippen LogP) is 4.56. The van der Waals surface area contributed by atoms with Crippen molar-refractivity contribution in [1.82, 2.24) is 20.3 Å². The molecule has 28 heavy (non-hydrogen) atoms. The zero-order valence-electron chi connectivity index (χ0n) is 15.5. The smallest absolute Gasteiger partial charge is 0.261 e. The van der Waals surface area contributed by atoms with E-state index >= 15 is 0 Å². The van der Waals surface area contributed by atoms with Crippen molar-refractivity contribution in [3.63, 3.8) is 0 Å². The highest BCUT2D eigenvalue weighted by molar-refractivity contribution is 7.20. The number of aryl methyl sites for hydroxylation is 1. The second-order valence-corrected chi connectivity index (χ2v) is 8.36. The van der Waals surface area contributed by atoms with Gasteiger partial charge in [0.1, 0.15) is 17.0 Å². The number of rotatable bonds is 6. The molecule has 0 bridgehead atoms. The molecule has 6 nitrogen and oxygen atoms in total. The van der Waals surface area contributed by atoms with E-state index in [0.717, 1.165) is 27.2 Å². The van der Waals surface area contributed by atoms with Gasteiger partial charge in [0.15, 0.2) is 0 Å². The van der Waals surface area contributed by atoms with Gasteiger partial charge in [0.05, 0.1) is 16.3 Å². The molecule has 4 aromatic rings. The first-order valence-electron chi connectivity index (χ1n) is 8.84. The van der Waals surface area contributed by atoms with Gasteiger partial charge in [-0.1, -0.05) is 12.1 Å². The summed E-state index contributed by atoms with van der Waals surface area (Å²) in [4.78, 5) is 28.3. The van der Waals surface area contributed by atoms with E-state index in [1.165, 1.54) is 16.2 Å². The molecule has 1 atom stereocenters. The standard InChI is InChI=1S/C20H19N5OS2/c1-12-16-18(25-13(2)15-6-4-8-27-15)23-11-24-20(16)28-17(12)19(26)22-10-14-5-3-7-21-9-14/h3-9,11,13H,10H2,1-2H3,(H,22,26)(H,23,24,25)/t13-/m1/s1. The number of aromatic nitrogens is 3. The minimum Gasteiger partial charge on any atom is -0.362 e. The van der Waals surface area contributed by atoms with E-state index in [9.17, 15) is 4.79 Å². The Morgan fingerprint density at radius 1 is 1.25 bits per heavy atom. The lowest BCUT2D eigenvalue weighted by Crippen LogP contribution is -2.22. The molecule has 2 N–H and O–H groups in total. The molecule has 0 aromatic carbocycles. The monoisotopic (exact) mass is 409 g/mol. The molecule has 0 saturated carbocycles. The van der Waals surface area contributed by atoms with Crippen LogP contribution in [0.2, 0.25) is 0 Å². The van der Waals surface area contributed by atoms with Crippen LogP contribution in [-0.4, -0.2) is 20.9 Å². The Hall–Kier alpha value is -2.84. The first-order chi connectivity index (χ1) is 13.6. The molecule has 0 aliphatic heterocycles. The SMILES string of the molecule is Cc1c(C(=O)NCc2cccnc2)sc2ncnc(N[C@H](C)c3cccs3)c12. The number of hydrogen-bond acceptors (Lipinski definition) is 7. The van der Waals surface area contributed by atoms with Crippen molar-refractivity contribution in [1.29, 1.82) is 0 Å². The summed E-state index contributed by atoms with van der Waals surface area (Å²) in [6, 6.07) is 8.05. The van der Waals surface area contributed by atoms with Gasteiger partial charge >= 0.3 is 0 Å². The molecular weight excluding hydrogens is 390 g/mol. The van der Waals surface area contributed by atoms with Crippen LogP contribution >= 0.6 is 22.7 Å². The van der Waals surface area contributed by atoms with Crippen molar-refractivity contribution >= 4 is 44.6 Å². The molecule has 0 saturated heterocycles. The quantitative estimate of drug-likeness (QED) is 0.488. The van der Waals surface area contributed by atoms with Crippen LogP contribution < -0.4 is 10.6 Å². The Kier molecular flexibility index (Phi) is 5.31. The lowest BCUT2D eigenvalue weighted by Gasteiger charge is -2.13. The second kappa shape index (κ2) is 8.04. The molecule has 1 amide bonds. The highest BCUT2D eigenvalue weighted by Gasteiger charge is 2.20. The second-order valence-electron chi connectivity index (χ2n) is 6.38. The number of pyridine rings is 1. The van der Waals surface area contributed by atoms with Gasteiger partial charge in [0, 0.05) is 23.8 Å². The number of fused-ring (bicyclic) bond motifs is 1. The van der Waals surface area contributed by atoms with E-state index in [2.05, 4.69) is 44.0 Å². The van der Waals surface area contributed by atoms with Crippen molar-refractivity contribution in [3.8, 4) is 0 Å². The third kappa shape index (κ3) is 3.74. The highest BCUT2D eigenvalue weighted by Crippen LogP contribution is 2.35. The van der Waals surface area contributed by atoms with Crippen LogP contribution in [0.25, 0.3) is 10.2 Å². The molecule has 4 heterocycles. The van der Waals surface area contributed by atoms with E-state index in [4.69, 9.17) is 0 Å². The number of nitrogens with one attached hydrogen (secondary N) is 2. The summed E-state index contributed by atoms with van der Waals surface area (Å²) >= 11 is 3.09. The number of carbonyl (C=O) groups excluding carboxylic acids is 1. The van der Waals surface area contributed by atoms with Crippen molar-refractivity contribution in [3.05, 3.63) is 69.2 Å². The highest BCUT2D eigenvalue weighted by atomic mass is 32.1. The summed E-state index contributed by atoms with van der Waals surface area (Å²) in [6.45, 7) is 4.48. The Morgan fingerprint density at radius 2 is 2.14 bits per heavy atom. The van der Waals surface area contributed by atoms with Crippen LogP contribution in [0.3, 0.4) is 0 Å². The fourth-order valence-electron chi connectivity index (χ4n) is 2.98. The first kappa shape index (κ1) is 18.5. The number of nitrogens with zero attached hydrogens (tertiary/aromatic N) is 3. The molecular formula is C20H19N5OS2. The largest absolute Gasteiger partial charge is 0.362 e. The summed E-state index contributed by atoms with van der Waals surface area (Å²) in [5.74, 6) is 0.646. The zero-order chi connectivity index (χ0) is 19.5. The summed E-state index contributed by atoms with van der Waals surface area (Å²) in [5, 5.41) is 9.39. The molecule has 8 heteroatoms. The van der Waals surface area contributed by atoms with E-state index in [1.54, 1.807) is 30.1 Å². The predicted molar refractivity (Wildman–Crippen MR) is 114 cm³/mol. The van der Waals surface area contributed by atoms with Crippen LogP contribution in [0.15, 0.2) is 48.4 Å². The van der Waals surface area contributed by atoms with Crippen LogP contribution in [0.4, 0.5) is 5.82 Å². The minimum absolute atomic E-state index is 0.110. The van der Waals surface area contributed by atoms with Gasteiger partial charge in [-0.05, 0) is 42.5 Å². The Morgan fingerprint density at radius 3 is 2.89 bits per heavy atom. The average molecular weight is 410 g/mol. The zero-order valence-corrected chi connectivity index (χ0v) is 17.1. The minimum atomic E-state index is -0.110. The molecule has 4 rings (SSSR count). The van der Waals surface area contributed by atoms with Gasteiger partial charge < -0.3 is 10.6 Å². The number of anilines is 1. The number of thiophene rings is 2.